The van der Waals surface area contributed by atoms with Gasteiger partial charge in [0.25, 0.3) is 0 Å². The topological polar surface area (TPSA) is 50.4 Å². The Morgan fingerprint density at radius 2 is 1.90 bits per heavy atom. The predicted octanol–water partition coefficient (Wildman–Crippen LogP) is 3.71. The summed E-state index contributed by atoms with van der Waals surface area (Å²) in [5, 5.41) is 5.83. The van der Waals surface area contributed by atoms with Crippen LogP contribution >= 0.6 is 0 Å². The van der Waals surface area contributed by atoms with Crippen LogP contribution < -0.4 is 15.4 Å². The first-order chi connectivity index (χ1) is 9.68. The van der Waals surface area contributed by atoms with Crippen LogP contribution in [0, 0.1) is 5.41 Å². The molecule has 1 rings (SSSR count). The molecular weight excluding hydrogens is 264 g/mol. The van der Waals surface area contributed by atoms with E-state index in [9.17, 15) is 4.79 Å². The highest BCUT2D eigenvalue weighted by atomic mass is 16.5. The molecular formula is C17H28N2O2. The number of ether oxygens (including phenoxy) is 1. The van der Waals surface area contributed by atoms with Crippen LogP contribution in [0.3, 0.4) is 0 Å². The lowest BCUT2D eigenvalue weighted by Gasteiger charge is -2.28. The van der Waals surface area contributed by atoms with Crippen molar-refractivity contribution in [1.29, 1.82) is 0 Å². The van der Waals surface area contributed by atoms with E-state index < -0.39 is 0 Å². The normalized spacial score (nSPS) is 12.9. The second kappa shape index (κ2) is 7.34. The van der Waals surface area contributed by atoms with Gasteiger partial charge in [0.1, 0.15) is 5.75 Å². The minimum atomic E-state index is -0.146. The fourth-order valence-corrected chi connectivity index (χ4v) is 1.65. The maximum atomic E-state index is 11.9. The molecule has 0 spiro atoms. The van der Waals surface area contributed by atoms with Crippen LogP contribution in [0.4, 0.5) is 4.79 Å². The maximum Gasteiger partial charge on any atom is 0.315 e. The third-order valence-corrected chi connectivity index (χ3v) is 3.37. The van der Waals surface area contributed by atoms with Crippen LogP contribution in [0.1, 0.15) is 47.1 Å². The highest BCUT2D eigenvalue weighted by molar-refractivity contribution is 5.74. The minimum Gasteiger partial charge on any atom is -0.491 e. The van der Waals surface area contributed by atoms with Crippen LogP contribution in [0.2, 0.25) is 0 Å². The monoisotopic (exact) mass is 292 g/mol. The van der Waals surface area contributed by atoms with Gasteiger partial charge in [-0.15, -0.1) is 0 Å². The highest BCUT2D eigenvalue weighted by Gasteiger charge is 2.21. The quantitative estimate of drug-likeness (QED) is 0.869. The van der Waals surface area contributed by atoms with Gasteiger partial charge in [-0.2, -0.15) is 0 Å². The van der Waals surface area contributed by atoms with Gasteiger partial charge in [0.05, 0.1) is 6.10 Å². The van der Waals surface area contributed by atoms with Crippen LogP contribution in [-0.2, 0) is 6.54 Å². The van der Waals surface area contributed by atoms with Crippen molar-refractivity contribution in [2.24, 2.45) is 5.41 Å². The van der Waals surface area contributed by atoms with E-state index in [1.54, 1.807) is 0 Å². The number of carbonyl (C=O) groups excluding carboxylic acids is 1. The molecule has 0 aliphatic rings. The second-order valence-corrected chi connectivity index (χ2v) is 6.73. The zero-order valence-electron chi connectivity index (χ0n) is 14.0. The average Bonchev–Trinajstić information content (AvgIpc) is 2.35. The van der Waals surface area contributed by atoms with Crippen molar-refractivity contribution in [3.8, 4) is 5.75 Å². The molecule has 21 heavy (non-hydrogen) atoms. The van der Waals surface area contributed by atoms with Gasteiger partial charge < -0.3 is 15.4 Å². The third kappa shape index (κ3) is 6.52. The Morgan fingerprint density at radius 3 is 2.48 bits per heavy atom. The lowest BCUT2D eigenvalue weighted by molar-refractivity contribution is 0.222. The summed E-state index contributed by atoms with van der Waals surface area (Å²) in [6.07, 6.45) is 0.143. The van der Waals surface area contributed by atoms with E-state index >= 15 is 0 Å². The van der Waals surface area contributed by atoms with Crippen LogP contribution in [-0.4, -0.2) is 18.2 Å². The molecule has 1 atom stereocenters. The summed E-state index contributed by atoms with van der Waals surface area (Å²) in [6.45, 7) is 12.8. The summed E-state index contributed by atoms with van der Waals surface area (Å²) in [4.78, 5) is 11.9. The Morgan fingerprint density at radius 1 is 1.24 bits per heavy atom. The summed E-state index contributed by atoms with van der Waals surface area (Å²) < 4.78 is 5.64. The van der Waals surface area contributed by atoms with Crippen molar-refractivity contribution >= 4 is 6.03 Å². The highest BCUT2D eigenvalue weighted by Crippen LogP contribution is 2.18. The second-order valence-electron chi connectivity index (χ2n) is 6.73. The average molecular weight is 292 g/mol. The van der Waals surface area contributed by atoms with Crippen molar-refractivity contribution in [2.45, 2.75) is 60.2 Å². The third-order valence-electron chi connectivity index (χ3n) is 3.37. The standard InChI is InChI=1S/C17H28N2O2/c1-12(2)21-15-9-7-8-14(10-15)11-18-16(20)19-13(3)17(4,5)6/h7-10,12-13H,11H2,1-6H3,(H2,18,19,20). The molecule has 4 heteroatoms. The molecule has 0 bridgehead atoms. The van der Waals surface area contributed by atoms with Crippen molar-refractivity contribution in [3.05, 3.63) is 29.8 Å². The van der Waals surface area contributed by atoms with Gasteiger partial charge >= 0.3 is 6.03 Å². The molecule has 1 unspecified atom stereocenters. The Labute approximate surface area is 128 Å². The van der Waals surface area contributed by atoms with Crippen LogP contribution in [0.5, 0.6) is 5.75 Å². The zero-order chi connectivity index (χ0) is 16.0. The summed E-state index contributed by atoms with van der Waals surface area (Å²) in [5.74, 6) is 0.827. The summed E-state index contributed by atoms with van der Waals surface area (Å²) >= 11 is 0. The molecule has 0 saturated heterocycles. The van der Waals surface area contributed by atoms with E-state index in [-0.39, 0.29) is 23.6 Å². The van der Waals surface area contributed by atoms with Gasteiger partial charge in [0.15, 0.2) is 0 Å². The molecule has 0 fully saturated rings. The van der Waals surface area contributed by atoms with Gasteiger partial charge in [-0.1, -0.05) is 32.9 Å². The lowest BCUT2D eigenvalue weighted by Crippen LogP contribution is -2.46. The zero-order valence-corrected chi connectivity index (χ0v) is 14.0. The van der Waals surface area contributed by atoms with E-state index in [4.69, 9.17) is 4.74 Å². The molecule has 2 N–H and O–H groups in total. The smallest absolute Gasteiger partial charge is 0.315 e. The Kier molecular flexibility index (Phi) is 6.06. The Bertz CT molecular complexity index is 464. The van der Waals surface area contributed by atoms with Gasteiger partial charge in [-0.3, -0.25) is 0 Å². The van der Waals surface area contributed by atoms with Crippen molar-refractivity contribution in [3.63, 3.8) is 0 Å². The number of rotatable bonds is 5. The first-order valence-corrected chi connectivity index (χ1v) is 7.48. The molecule has 0 aliphatic heterocycles. The molecule has 1 aromatic rings. The number of amides is 2. The van der Waals surface area contributed by atoms with E-state index in [0.717, 1.165) is 11.3 Å². The minimum absolute atomic E-state index is 0.0440. The Balaban J connectivity index is 2.50. The predicted molar refractivity (Wildman–Crippen MR) is 86.5 cm³/mol. The molecule has 0 saturated carbocycles. The fraction of sp³-hybridized carbons (Fsp3) is 0.588. The van der Waals surface area contributed by atoms with Gasteiger partial charge in [-0.05, 0) is 43.9 Å². The van der Waals surface area contributed by atoms with Gasteiger partial charge in [0.2, 0.25) is 0 Å². The Hall–Kier alpha value is -1.71. The number of urea groups is 1. The number of nitrogens with one attached hydrogen (secondary N) is 2. The first-order valence-electron chi connectivity index (χ1n) is 7.48. The summed E-state index contributed by atoms with van der Waals surface area (Å²) in [7, 11) is 0. The van der Waals surface area contributed by atoms with Crippen LogP contribution in [0.15, 0.2) is 24.3 Å². The van der Waals surface area contributed by atoms with Gasteiger partial charge in [-0.25, -0.2) is 4.79 Å². The summed E-state index contributed by atoms with van der Waals surface area (Å²) in [6, 6.07) is 7.74. The molecule has 118 valence electrons. The molecule has 0 aliphatic carbocycles. The molecule has 0 heterocycles. The number of carbonyl (C=O) groups is 1. The molecule has 0 aromatic heterocycles. The van der Waals surface area contributed by atoms with Gasteiger partial charge in [0, 0.05) is 12.6 Å². The SMILES string of the molecule is CC(C)Oc1cccc(CNC(=O)NC(C)C(C)(C)C)c1. The number of hydrogen-bond acceptors (Lipinski definition) is 2. The molecule has 2 amide bonds. The van der Waals surface area contributed by atoms with Crippen molar-refractivity contribution in [2.75, 3.05) is 0 Å². The van der Waals surface area contributed by atoms with E-state index in [0.29, 0.717) is 6.54 Å². The largest absolute Gasteiger partial charge is 0.491 e. The first kappa shape index (κ1) is 17.3. The maximum absolute atomic E-state index is 11.9. The number of benzene rings is 1. The molecule has 4 nitrogen and oxygen atoms in total. The fourth-order valence-electron chi connectivity index (χ4n) is 1.65. The van der Waals surface area contributed by atoms with E-state index in [1.165, 1.54) is 0 Å². The summed E-state index contributed by atoms with van der Waals surface area (Å²) in [5.41, 5.74) is 1.06. The van der Waals surface area contributed by atoms with E-state index in [1.807, 2.05) is 45.0 Å². The van der Waals surface area contributed by atoms with Crippen molar-refractivity contribution < 1.29 is 9.53 Å². The van der Waals surface area contributed by atoms with Crippen molar-refractivity contribution in [1.82, 2.24) is 10.6 Å². The lowest BCUT2D eigenvalue weighted by atomic mass is 9.88. The number of hydrogen-bond donors (Lipinski definition) is 2. The molecule has 1 aromatic carbocycles. The van der Waals surface area contributed by atoms with E-state index in [2.05, 4.69) is 31.4 Å². The molecule has 0 radical (unpaired) electrons. The van der Waals surface area contributed by atoms with Crippen LogP contribution in [0.25, 0.3) is 0 Å².